The summed E-state index contributed by atoms with van der Waals surface area (Å²) in [6, 6.07) is 3.65. The number of aryl methyl sites for hydroxylation is 1. The van der Waals surface area contributed by atoms with Gasteiger partial charge >= 0.3 is 0 Å². The normalized spacial score (nSPS) is 12.9. The van der Waals surface area contributed by atoms with Gasteiger partial charge in [0.15, 0.2) is 0 Å². The van der Waals surface area contributed by atoms with Crippen molar-refractivity contribution < 1.29 is 5.11 Å². The zero-order valence-corrected chi connectivity index (χ0v) is 9.65. The summed E-state index contributed by atoms with van der Waals surface area (Å²) >= 11 is 10.0. The van der Waals surface area contributed by atoms with Crippen LogP contribution in [0.2, 0.25) is 5.02 Å². The number of aliphatic hydroxyl groups excluding tert-OH is 1. The summed E-state index contributed by atoms with van der Waals surface area (Å²) in [7, 11) is 0. The third-order valence-corrected chi connectivity index (χ3v) is 3.02. The van der Waals surface area contributed by atoms with E-state index in [0.29, 0.717) is 22.0 Å². The van der Waals surface area contributed by atoms with Crippen molar-refractivity contribution in [2.24, 2.45) is 0 Å². The van der Waals surface area contributed by atoms with Crippen molar-refractivity contribution in [2.45, 2.75) is 30.8 Å². The van der Waals surface area contributed by atoms with E-state index < -0.39 is 0 Å². The number of anilines is 1. The highest BCUT2D eigenvalue weighted by Gasteiger charge is 2.07. The van der Waals surface area contributed by atoms with Crippen molar-refractivity contribution in [2.75, 3.05) is 5.73 Å². The van der Waals surface area contributed by atoms with Gasteiger partial charge in [0, 0.05) is 10.6 Å². The molecule has 1 aromatic rings. The predicted molar refractivity (Wildman–Crippen MR) is 63.1 cm³/mol. The molecule has 0 aliphatic carbocycles. The maximum atomic E-state index is 9.14. The molecule has 0 spiro atoms. The minimum Gasteiger partial charge on any atom is -0.398 e. The molecule has 78 valence electrons. The van der Waals surface area contributed by atoms with E-state index in [0.717, 1.165) is 12.0 Å². The number of thiol groups is 1. The van der Waals surface area contributed by atoms with Gasteiger partial charge in [-0.15, -0.1) is 12.6 Å². The minimum atomic E-state index is -0.312. The maximum Gasteiger partial charge on any atom is 0.0560 e. The molecular formula is C10H14ClNOS. The quantitative estimate of drug-likeness (QED) is 0.553. The summed E-state index contributed by atoms with van der Waals surface area (Å²) in [5, 5.41) is 9.70. The smallest absolute Gasteiger partial charge is 0.0560 e. The molecule has 1 unspecified atom stereocenters. The maximum absolute atomic E-state index is 9.14. The molecule has 0 bridgehead atoms. The SMILES string of the molecule is CC(O)CCc1ccc(Cl)c(S)c1N. The molecule has 2 nitrogen and oxygen atoms in total. The van der Waals surface area contributed by atoms with Crippen LogP contribution in [0, 0.1) is 0 Å². The van der Waals surface area contributed by atoms with Crippen LogP contribution in [-0.2, 0) is 6.42 Å². The average molecular weight is 232 g/mol. The molecule has 0 saturated heterocycles. The van der Waals surface area contributed by atoms with Crippen molar-refractivity contribution in [3.63, 3.8) is 0 Å². The monoisotopic (exact) mass is 231 g/mol. The second-order valence-corrected chi connectivity index (χ2v) is 4.21. The Bertz CT molecular complexity index is 328. The standard InChI is InChI=1S/C10H14ClNOS/c1-6(13)2-3-7-4-5-8(11)10(14)9(7)12/h4-6,13-14H,2-3,12H2,1H3. The molecule has 1 rings (SSSR count). The molecule has 0 heterocycles. The molecule has 4 heteroatoms. The first-order valence-electron chi connectivity index (χ1n) is 4.46. The highest BCUT2D eigenvalue weighted by molar-refractivity contribution is 7.80. The Morgan fingerprint density at radius 2 is 2.21 bits per heavy atom. The topological polar surface area (TPSA) is 46.2 Å². The van der Waals surface area contributed by atoms with Crippen LogP contribution in [0.4, 0.5) is 5.69 Å². The number of halogens is 1. The van der Waals surface area contributed by atoms with E-state index in [2.05, 4.69) is 12.6 Å². The third-order valence-electron chi connectivity index (χ3n) is 2.09. The predicted octanol–water partition coefficient (Wildman–Crippen LogP) is 2.52. The fourth-order valence-electron chi connectivity index (χ4n) is 1.21. The van der Waals surface area contributed by atoms with Gasteiger partial charge in [-0.25, -0.2) is 0 Å². The van der Waals surface area contributed by atoms with Crippen LogP contribution in [0.15, 0.2) is 17.0 Å². The minimum absolute atomic E-state index is 0.312. The van der Waals surface area contributed by atoms with Gasteiger partial charge < -0.3 is 10.8 Å². The van der Waals surface area contributed by atoms with Gasteiger partial charge in [0.25, 0.3) is 0 Å². The molecule has 1 aromatic carbocycles. The van der Waals surface area contributed by atoms with E-state index in [1.165, 1.54) is 0 Å². The lowest BCUT2D eigenvalue weighted by Gasteiger charge is -2.10. The van der Waals surface area contributed by atoms with Crippen molar-refractivity contribution in [1.82, 2.24) is 0 Å². The van der Waals surface area contributed by atoms with Crippen LogP contribution >= 0.6 is 24.2 Å². The first kappa shape index (κ1) is 11.7. The molecule has 1 atom stereocenters. The largest absolute Gasteiger partial charge is 0.398 e. The van der Waals surface area contributed by atoms with Crippen molar-refractivity contribution in [3.05, 3.63) is 22.7 Å². The van der Waals surface area contributed by atoms with Gasteiger partial charge in [-0.1, -0.05) is 17.7 Å². The lowest BCUT2D eigenvalue weighted by atomic mass is 10.1. The van der Waals surface area contributed by atoms with Gasteiger partial charge in [-0.05, 0) is 31.4 Å². The summed E-state index contributed by atoms with van der Waals surface area (Å²) < 4.78 is 0. The summed E-state index contributed by atoms with van der Waals surface area (Å²) in [6.07, 6.45) is 1.13. The average Bonchev–Trinajstić information content (AvgIpc) is 2.13. The molecule has 3 N–H and O–H groups in total. The molecule has 14 heavy (non-hydrogen) atoms. The van der Waals surface area contributed by atoms with E-state index >= 15 is 0 Å². The first-order valence-corrected chi connectivity index (χ1v) is 5.28. The van der Waals surface area contributed by atoms with Gasteiger partial charge in [-0.2, -0.15) is 0 Å². The molecule has 0 saturated carbocycles. The van der Waals surface area contributed by atoms with E-state index in [-0.39, 0.29) is 6.10 Å². The van der Waals surface area contributed by atoms with Crippen LogP contribution < -0.4 is 5.73 Å². The van der Waals surface area contributed by atoms with Crippen molar-refractivity contribution in [1.29, 1.82) is 0 Å². The second kappa shape index (κ2) is 4.91. The Kier molecular flexibility index (Phi) is 4.11. The van der Waals surface area contributed by atoms with Crippen LogP contribution in [0.3, 0.4) is 0 Å². The number of nitrogens with two attached hydrogens (primary N) is 1. The Balaban J connectivity index is 2.83. The number of aliphatic hydroxyl groups is 1. The van der Waals surface area contributed by atoms with E-state index in [1.807, 2.05) is 6.07 Å². The van der Waals surface area contributed by atoms with E-state index in [1.54, 1.807) is 13.0 Å². The van der Waals surface area contributed by atoms with Gasteiger partial charge in [-0.3, -0.25) is 0 Å². The lowest BCUT2D eigenvalue weighted by Crippen LogP contribution is -2.03. The Hall–Kier alpha value is -0.380. The Labute approximate surface area is 94.5 Å². The molecule has 0 fully saturated rings. The van der Waals surface area contributed by atoms with Crippen LogP contribution in [-0.4, -0.2) is 11.2 Å². The summed E-state index contributed by atoms with van der Waals surface area (Å²) in [4.78, 5) is 0.620. The fourth-order valence-corrected chi connectivity index (χ4v) is 1.59. The lowest BCUT2D eigenvalue weighted by molar-refractivity contribution is 0.185. The van der Waals surface area contributed by atoms with Gasteiger partial charge in [0.1, 0.15) is 0 Å². The number of nitrogen functional groups attached to an aromatic ring is 1. The van der Waals surface area contributed by atoms with Crippen molar-refractivity contribution in [3.8, 4) is 0 Å². The number of hydrogen-bond donors (Lipinski definition) is 3. The van der Waals surface area contributed by atoms with Crippen LogP contribution in [0.5, 0.6) is 0 Å². The molecule has 0 aliphatic rings. The highest BCUT2D eigenvalue weighted by atomic mass is 35.5. The summed E-state index contributed by atoms with van der Waals surface area (Å²) in [5.74, 6) is 0. The molecular weight excluding hydrogens is 218 g/mol. The highest BCUT2D eigenvalue weighted by Crippen LogP contribution is 2.29. The third kappa shape index (κ3) is 2.80. The van der Waals surface area contributed by atoms with Gasteiger partial charge in [0.05, 0.1) is 11.1 Å². The molecule has 0 amide bonds. The zero-order valence-electron chi connectivity index (χ0n) is 8.00. The molecule has 0 radical (unpaired) electrons. The van der Waals surface area contributed by atoms with Crippen molar-refractivity contribution >= 4 is 29.9 Å². The van der Waals surface area contributed by atoms with Gasteiger partial charge in [0.2, 0.25) is 0 Å². The van der Waals surface area contributed by atoms with Crippen LogP contribution in [0.25, 0.3) is 0 Å². The summed E-state index contributed by atoms with van der Waals surface area (Å²) in [5.41, 5.74) is 7.43. The second-order valence-electron chi connectivity index (χ2n) is 3.36. The summed E-state index contributed by atoms with van der Waals surface area (Å²) in [6.45, 7) is 1.76. The van der Waals surface area contributed by atoms with E-state index in [4.69, 9.17) is 22.4 Å². The zero-order chi connectivity index (χ0) is 10.7. The number of rotatable bonds is 3. The number of hydrogen-bond acceptors (Lipinski definition) is 3. The fraction of sp³-hybridized carbons (Fsp3) is 0.400. The van der Waals surface area contributed by atoms with E-state index in [9.17, 15) is 0 Å². The Morgan fingerprint density at radius 3 is 2.79 bits per heavy atom. The Morgan fingerprint density at radius 1 is 1.57 bits per heavy atom. The van der Waals surface area contributed by atoms with Crippen LogP contribution in [0.1, 0.15) is 18.9 Å². The molecule has 0 aliphatic heterocycles. The number of benzene rings is 1. The molecule has 0 aromatic heterocycles. The first-order chi connectivity index (χ1) is 6.52.